The molecule has 16 heavy (non-hydrogen) atoms. The van der Waals surface area contributed by atoms with E-state index in [1.807, 2.05) is 26.8 Å². The molecule has 88 valence electrons. The lowest BCUT2D eigenvalue weighted by Gasteiger charge is -2.22. The van der Waals surface area contributed by atoms with Crippen molar-refractivity contribution < 1.29 is 9.84 Å². The molecule has 0 saturated heterocycles. The average molecular weight is 221 g/mol. The average Bonchev–Trinajstić information content (AvgIpc) is 2.19. The summed E-state index contributed by atoms with van der Waals surface area (Å²) >= 11 is 0. The van der Waals surface area contributed by atoms with Crippen molar-refractivity contribution in [2.75, 3.05) is 14.2 Å². The number of benzene rings is 1. The molecular formula is C13H19NO2. The van der Waals surface area contributed by atoms with Crippen LogP contribution in [0.1, 0.15) is 31.9 Å². The van der Waals surface area contributed by atoms with Crippen LogP contribution in [-0.2, 0) is 5.41 Å². The number of phenols is 1. The van der Waals surface area contributed by atoms with E-state index < -0.39 is 0 Å². The zero-order chi connectivity index (χ0) is 12.3. The first-order valence-electron chi connectivity index (χ1n) is 5.23. The Balaban J connectivity index is 3.43. The van der Waals surface area contributed by atoms with Crippen molar-refractivity contribution >= 4 is 6.21 Å². The van der Waals surface area contributed by atoms with Crippen molar-refractivity contribution in [3.63, 3.8) is 0 Å². The molecule has 0 unspecified atom stereocenters. The molecule has 0 aliphatic carbocycles. The van der Waals surface area contributed by atoms with Gasteiger partial charge in [-0.05, 0) is 17.5 Å². The highest BCUT2D eigenvalue weighted by Gasteiger charge is 2.21. The zero-order valence-corrected chi connectivity index (χ0v) is 10.5. The summed E-state index contributed by atoms with van der Waals surface area (Å²) in [7, 11) is 3.29. The molecule has 0 spiro atoms. The Bertz CT molecular complexity index is 403. The van der Waals surface area contributed by atoms with Crippen LogP contribution in [0.4, 0.5) is 0 Å². The standard InChI is InChI=1S/C13H19NO2/c1-13(2,3)11-7-10(16-5)6-9(8-14-4)12(11)15/h6-8,15H,1-5H3. The highest BCUT2D eigenvalue weighted by molar-refractivity contribution is 5.85. The van der Waals surface area contributed by atoms with Crippen LogP contribution in [-0.4, -0.2) is 25.5 Å². The second-order valence-corrected chi connectivity index (χ2v) is 4.75. The maximum Gasteiger partial charge on any atom is 0.128 e. The number of methoxy groups -OCH3 is 1. The van der Waals surface area contributed by atoms with E-state index in [0.717, 1.165) is 11.3 Å². The normalized spacial score (nSPS) is 12.1. The minimum atomic E-state index is -0.130. The summed E-state index contributed by atoms with van der Waals surface area (Å²) in [4.78, 5) is 3.92. The van der Waals surface area contributed by atoms with Gasteiger partial charge in [0, 0.05) is 24.4 Å². The van der Waals surface area contributed by atoms with Gasteiger partial charge in [0.15, 0.2) is 0 Å². The van der Waals surface area contributed by atoms with Crippen molar-refractivity contribution in [2.45, 2.75) is 26.2 Å². The molecule has 3 nitrogen and oxygen atoms in total. The summed E-state index contributed by atoms with van der Waals surface area (Å²) in [6.07, 6.45) is 1.63. The van der Waals surface area contributed by atoms with E-state index >= 15 is 0 Å². The maximum absolute atomic E-state index is 10.1. The van der Waals surface area contributed by atoms with E-state index in [-0.39, 0.29) is 11.2 Å². The number of hydrogen-bond donors (Lipinski definition) is 1. The van der Waals surface area contributed by atoms with Gasteiger partial charge in [0.25, 0.3) is 0 Å². The number of phenolic OH excluding ortho intramolecular Hbond substituents is 1. The molecule has 0 amide bonds. The molecular weight excluding hydrogens is 202 g/mol. The van der Waals surface area contributed by atoms with Crippen molar-refractivity contribution in [2.24, 2.45) is 4.99 Å². The Labute approximate surface area is 96.8 Å². The molecule has 0 aromatic heterocycles. The molecule has 0 atom stereocenters. The third kappa shape index (κ3) is 2.54. The van der Waals surface area contributed by atoms with Gasteiger partial charge >= 0.3 is 0 Å². The molecule has 0 aliphatic rings. The molecule has 1 N–H and O–H groups in total. The summed E-state index contributed by atoms with van der Waals surface area (Å²) in [6.45, 7) is 6.15. The van der Waals surface area contributed by atoms with Crippen molar-refractivity contribution in [3.8, 4) is 11.5 Å². The molecule has 1 rings (SSSR count). The molecule has 0 radical (unpaired) electrons. The van der Waals surface area contributed by atoms with Crippen LogP contribution >= 0.6 is 0 Å². The highest BCUT2D eigenvalue weighted by Crippen LogP contribution is 2.35. The number of nitrogens with zero attached hydrogens (tertiary/aromatic N) is 1. The van der Waals surface area contributed by atoms with Crippen LogP contribution in [0.2, 0.25) is 0 Å². The summed E-state index contributed by atoms with van der Waals surface area (Å²) in [5, 5.41) is 10.1. The van der Waals surface area contributed by atoms with E-state index in [4.69, 9.17) is 4.74 Å². The van der Waals surface area contributed by atoms with E-state index in [1.165, 1.54) is 0 Å². The molecule has 0 fully saturated rings. The number of hydrogen-bond acceptors (Lipinski definition) is 3. The summed E-state index contributed by atoms with van der Waals surface area (Å²) in [6, 6.07) is 3.64. The van der Waals surface area contributed by atoms with Gasteiger partial charge in [0.2, 0.25) is 0 Å². The fourth-order valence-electron chi connectivity index (χ4n) is 1.56. The Kier molecular flexibility index (Phi) is 3.58. The third-order valence-corrected chi connectivity index (χ3v) is 2.42. The second-order valence-electron chi connectivity index (χ2n) is 4.75. The van der Waals surface area contributed by atoms with Crippen LogP contribution in [0.25, 0.3) is 0 Å². The molecule has 3 heteroatoms. The van der Waals surface area contributed by atoms with Crippen LogP contribution in [0.5, 0.6) is 11.5 Å². The fourth-order valence-corrected chi connectivity index (χ4v) is 1.56. The van der Waals surface area contributed by atoms with Gasteiger partial charge in [-0.25, -0.2) is 0 Å². The smallest absolute Gasteiger partial charge is 0.128 e. The van der Waals surface area contributed by atoms with Crippen molar-refractivity contribution in [3.05, 3.63) is 23.3 Å². The first-order chi connectivity index (χ1) is 7.40. The van der Waals surface area contributed by atoms with Gasteiger partial charge in [0.1, 0.15) is 11.5 Å². The van der Waals surface area contributed by atoms with Gasteiger partial charge in [-0.1, -0.05) is 20.8 Å². The minimum absolute atomic E-state index is 0.130. The Hall–Kier alpha value is -1.51. The van der Waals surface area contributed by atoms with Gasteiger partial charge in [-0.2, -0.15) is 0 Å². The number of rotatable bonds is 2. The maximum atomic E-state index is 10.1. The van der Waals surface area contributed by atoms with E-state index in [9.17, 15) is 5.11 Å². The molecule has 0 saturated carbocycles. The molecule has 0 aliphatic heterocycles. The summed E-state index contributed by atoms with van der Waals surface area (Å²) in [5.74, 6) is 1.01. The van der Waals surface area contributed by atoms with Gasteiger partial charge in [0.05, 0.1) is 7.11 Å². The van der Waals surface area contributed by atoms with Gasteiger partial charge in [-0.3, -0.25) is 4.99 Å². The lowest BCUT2D eigenvalue weighted by atomic mass is 9.85. The molecule has 1 aromatic rings. The largest absolute Gasteiger partial charge is 0.507 e. The SMILES string of the molecule is CN=Cc1cc(OC)cc(C(C)(C)C)c1O. The summed E-state index contributed by atoms with van der Waals surface area (Å²) < 4.78 is 5.22. The molecule has 0 heterocycles. The predicted molar refractivity (Wildman–Crippen MR) is 66.9 cm³/mol. The third-order valence-electron chi connectivity index (χ3n) is 2.42. The Morgan fingerprint density at radius 3 is 2.38 bits per heavy atom. The highest BCUT2D eigenvalue weighted by atomic mass is 16.5. The van der Waals surface area contributed by atoms with Crippen LogP contribution in [0, 0.1) is 0 Å². The monoisotopic (exact) mass is 221 g/mol. The number of ether oxygens (including phenoxy) is 1. The van der Waals surface area contributed by atoms with Crippen LogP contribution < -0.4 is 4.74 Å². The Morgan fingerprint density at radius 1 is 1.31 bits per heavy atom. The zero-order valence-electron chi connectivity index (χ0n) is 10.5. The predicted octanol–water partition coefficient (Wildman–Crippen LogP) is 2.75. The second kappa shape index (κ2) is 4.56. The number of aromatic hydroxyl groups is 1. The molecule has 1 aromatic carbocycles. The van der Waals surface area contributed by atoms with Crippen LogP contribution in [0.15, 0.2) is 17.1 Å². The lowest BCUT2D eigenvalue weighted by molar-refractivity contribution is 0.405. The van der Waals surface area contributed by atoms with Crippen LogP contribution in [0.3, 0.4) is 0 Å². The first-order valence-corrected chi connectivity index (χ1v) is 5.23. The quantitative estimate of drug-likeness (QED) is 0.780. The minimum Gasteiger partial charge on any atom is -0.507 e. The van der Waals surface area contributed by atoms with E-state index in [2.05, 4.69) is 4.99 Å². The topological polar surface area (TPSA) is 41.8 Å². The lowest BCUT2D eigenvalue weighted by Crippen LogP contribution is -2.12. The Morgan fingerprint density at radius 2 is 1.94 bits per heavy atom. The van der Waals surface area contributed by atoms with Gasteiger partial charge in [-0.15, -0.1) is 0 Å². The van der Waals surface area contributed by atoms with Crippen molar-refractivity contribution in [1.29, 1.82) is 0 Å². The van der Waals surface area contributed by atoms with E-state index in [1.54, 1.807) is 26.4 Å². The van der Waals surface area contributed by atoms with Gasteiger partial charge < -0.3 is 9.84 Å². The number of aliphatic imine (C=N–C) groups is 1. The van der Waals surface area contributed by atoms with Crippen molar-refractivity contribution in [1.82, 2.24) is 0 Å². The fraction of sp³-hybridized carbons (Fsp3) is 0.462. The van der Waals surface area contributed by atoms with E-state index in [0.29, 0.717) is 5.56 Å². The summed E-state index contributed by atoms with van der Waals surface area (Å²) in [5.41, 5.74) is 1.42. The first kappa shape index (κ1) is 12.6. The molecule has 0 bridgehead atoms.